The molecule has 0 aliphatic rings. The van der Waals surface area contributed by atoms with Crippen molar-refractivity contribution in [2.75, 3.05) is 24.7 Å². The second-order valence-corrected chi connectivity index (χ2v) is 4.68. The Morgan fingerprint density at radius 2 is 2.35 bits per heavy atom. The zero-order valence-electron chi connectivity index (χ0n) is 9.71. The molecule has 0 atom stereocenters. The van der Waals surface area contributed by atoms with Crippen molar-refractivity contribution in [1.82, 2.24) is 20.3 Å². The Labute approximate surface area is 105 Å². The van der Waals surface area contributed by atoms with E-state index in [-0.39, 0.29) is 12.5 Å². The summed E-state index contributed by atoms with van der Waals surface area (Å²) in [6, 6.07) is 0. The summed E-state index contributed by atoms with van der Waals surface area (Å²) < 4.78 is 1.63. The summed E-state index contributed by atoms with van der Waals surface area (Å²) in [4.78, 5) is 11.4. The average Bonchev–Trinajstić information content (AvgIpc) is 2.84. The molecule has 96 valence electrons. The van der Waals surface area contributed by atoms with E-state index in [0.717, 1.165) is 17.9 Å². The summed E-state index contributed by atoms with van der Waals surface area (Å²) >= 11 is 1.73. The van der Waals surface area contributed by atoms with Crippen molar-refractivity contribution in [3.8, 4) is 0 Å². The molecule has 6 nitrogen and oxygen atoms in total. The first kappa shape index (κ1) is 14.0. The molecule has 1 heterocycles. The average molecular weight is 258 g/mol. The number of aryl methyl sites for hydroxylation is 1. The van der Waals surface area contributed by atoms with E-state index in [1.165, 1.54) is 0 Å². The van der Waals surface area contributed by atoms with Crippen LogP contribution in [0.2, 0.25) is 0 Å². The van der Waals surface area contributed by atoms with Crippen LogP contribution in [0.5, 0.6) is 0 Å². The third kappa shape index (κ3) is 6.96. The van der Waals surface area contributed by atoms with E-state index in [1.807, 2.05) is 0 Å². The lowest BCUT2D eigenvalue weighted by Gasteiger charge is -2.04. The van der Waals surface area contributed by atoms with Gasteiger partial charge < -0.3 is 10.4 Å². The van der Waals surface area contributed by atoms with Gasteiger partial charge in [-0.2, -0.15) is 11.8 Å². The SMILES string of the molecule is O=C(CCn1ccnn1)NCCSCCCO. The first-order chi connectivity index (χ1) is 8.33. The largest absolute Gasteiger partial charge is 0.396 e. The molecule has 1 aromatic rings. The van der Waals surface area contributed by atoms with Gasteiger partial charge in [0, 0.05) is 31.5 Å². The van der Waals surface area contributed by atoms with Gasteiger partial charge in [0.05, 0.1) is 12.7 Å². The summed E-state index contributed by atoms with van der Waals surface area (Å²) in [5, 5.41) is 18.9. The van der Waals surface area contributed by atoms with Crippen LogP contribution in [0, 0.1) is 0 Å². The van der Waals surface area contributed by atoms with Crippen molar-refractivity contribution >= 4 is 17.7 Å². The van der Waals surface area contributed by atoms with E-state index >= 15 is 0 Å². The number of amides is 1. The predicted octanol–water partition coefficient (Wildman–Crippen LogP) is -0.100. The van der Waals surface area contributed by atoms with Gasteiger partial charge in [0.25, 0.3) is 0 Å². The summed E-state index contributed by atoms with van der Waals surface area (Å²) in [6.07, 6.45) is 4.56. The number of carbonyl (C=O) groups is 1. The molecule has 17 heavy (non-hydrogen) atoms. The van der Waals surface area contributed by atoms with Crippen LogP contribution in [0.15, 0.2) is 12.4 Å². The van der Waals surface area contributed by atoms with Crippen LogP contribution < -0.4 is 5.32 Å². The first-order valence-electron chi connectivity index (χ1n) is 5.62. The number of nitrogens with one attached hydrogen (secondary N) is 1. The molecule has 0 aromatic carbocycles. The summed E-state index contributed by atoms with van der Waals surface area (Å²) in [6.45, 7) is 1.47. The molecule has 0 saturated heterocycles. The molecule has 0 unspecified atom stereocenters. The molecule has 0 aliphatic heterocycles. The molecule has 1 aromatic heterocycles. The quantitative estimate of drug-likeness (QED) is 0.605. The summed E-state index contributed by atoms with van der Waals surface area (Å²) in [7, 11) is 0. The number of aliphatic hydroxyl groups excluding tert-OH is 1. The Kier molecular flexibility index (Phi) is 7.40. The highest BCUT2D eigenvalue weighted by Gasteiger charge is 2.01. The van der Waals surface area contributed by atoms with Crippen LogP contribution in [0.4, 0.5) is 0 Å². The number of thioether (sulfide) groups is 1. The third-order valence-electron chi connectivity index (χ3n) is 2.06. The summed E-state index contributed by atoms with van der Waals surface area (Å²) in [5.41, 5.74) is 0. The number of rotatable bonds is 9. The van der Waals surface area contributed by atoms with Crippen LogP contribution in [-0.4, -0.2) is 50.7 Å². The maximum atomic E-state index is 11.4. The fourth-order valence-corrected chi connectivity index (χ4v) is 1.97. The van der Waals surface area contributed by atoms with Gasteiger partial charge in [0.2, 0.25) is 5.91 Å². The van der Waals surface area contributed by atoms with Crippen LogP contribution in [0.25, 0.3) is 0 Å². The van der Waals surface area contributed by atoms with Crippen molar-refractivity contribution in [1.29, 1.82) is 0 Å². The maximum absolute atomic E-state index is 11.4. The smallest absolute Gasteiger partial charge is 0.221 e. The number of hydrogen-bond acceptors (Lipinski definition) is 5. The Morgan fingerprint density at radius 1 is 1.47 bits per heavy atom. The van der Waals surface area contributed by atoms with Gasteiger partial charge in [-0.15, -0.1) is 5.10 Å². The van der Waals surface area contributed by atoms with Gasteiger partial charge in [0.15, 0.2) is 0 Å². The van der Waals surface area contributed by atoms with Crippen LogP contribution in [0.1, 0.15) is 12.8 Å². The molecule has 1 amide bonds. The fraction of sp³-hybridized carbons (Fsp3) is 0.700. The predicted molar refractivity (Wildman–Crippen MR) is 66.7 cm³/mol. The molecule has 0 radical (unpaired) electrons. The molecule has 1 rings (SSSR count). The summed E-state index contributed by atoms with van der Waals surface area (Å²) in [5.74, 6) is 1.85. The number of aliphatic hydroxyl groups is 1. The molecule has 0 saturated carbocycles. The number of aromatic nitrogens is 3. The van der Waals surface area contributed by atoms with Gasteiger partial charge in [-0.1, -0.05) is 5.21 Å². The van der Waals surface area contributed by atoms with Gasteiger partial charge in [-0.25, -0.2) is 0 Å². The lowest BCUT2D eigenvalue weighted by Crippen LogP contribution is -2.26. The van der Waals surface area contributed by atoms with Crippen LogP contribution in [-0.2, 0) is 11.3 Å². The second kappa shape index (κ2) is 9.00. The normalized spacial score (nSPS) is 10.4. The lowest BCUT2D eigenvalue weighted by molar-refractivity contribution is -0.121. The Morgan fingerprint density at radius 3 is 3.06 bits per heavy atom. The van der Waals surface area contributed by atoms with Crippen LogP contribution in [0.3, 0.4) is 0 Å². The van der Waals surface area contributed by atoms with E-state index in [1.54, 1.807) is 28.8 Å². The highest BCUT2D eigenvalue weighted by Crippen LogP contribution is 2.00. The minimum atomic E-state index is 0.0308. The standard InChI is InChI=1S/C10H18N4O2S/c15-7-1-8-17-9-4-11-10(16)2-5-14-6-3-12-13-14/h3,6,15H,1-2,4-5,7-9H2,(H,11,16). The fourth-order valence-electron chi connectivity index (χ4n) is 1.19. The van der Waals surface area contributed by atoms with Gasteiger partial charge >= 0.3 is 0 Å². The van der Waals surface area contributed by atoms with Crippen molar-refractivity contribution in [3.63, 3.8) is 0 Å². The van der Waals surface area contributed by atoms with Gasteiger partial charge in [-0.05, 0) is 12.2 Å². The zero-order valence-corrected chi connectivity index (χ0v) is 10.5. The number of nitrogens with zero attached hydrogens (tertiary/aromatic N) is 3. The highest BCUT2D eigenvalue weighted by molar-refractivity contribution is 7.99. The minimum absolute atomic E-state index is 0.0308. The maximum Gasteiger partial charge on any atom is 0.221 e. The van der Waals surface area contributed by atoms with Crippen molar-refractivity contribution < 1.29 is 9.90 Å². The molecule has 2 N–H and O–H groups in total. The Hall–Kier alpha value is -1.08. The molecule has 7 heteroatoms. The molecule has 0 spiro atoms. The number of carbonyl (C=O) groups excluding carboxylic acids is 1. The topological polar surface area (TPSA) is 80.0 Å². The van der Waals surface area contributed by atoms with E-state index < -0.39 is 0 Å². The van der Waals surface area contributed by atoms with Crippen LogP contribution >= 0.6 is 11.8 Å². The van der Waals surface area contributed by atoms with E-state index in [9.17, 15) is 4.79 Å². The molecule has 0 bridgehead atoms. The van der Waals surface area contributed by atoms with E-state index in [4.69, 9.17) is 5.11 Å². The first-order valence-corrected chi connectivity index (χ1v) is 6.78. The molecule has 0 aliphatic carbocycles. The van der Waals surface area contributed by atoms with Gasteiger partial charge in [0.1, 0.15) is 0 Å². The molecular formula is C10H18N4O2S. The molecular weight excluding hydrogens is 240 g/mol. The Bertz CT molecular complexity index is 305. The van der Waals surface area contributed by atoms with E-state index in [0.29, 0.717) is 19.5 Å². The lowest BCUT2D eigenvalue weighted by atomic mass is 10.4. The Balaban J connectivity index is 1.94. The highest BCUT2D eigenvalue weighted by atomic mass is 32.2. The zero-order chi connectivity index (χ0) is 12.3. The van der Waals surface area contributed by atoms with Crippen molar-refractivity contribution in [3.05, 3.63) is 12.4 Å². The van der Waals surface area contributed by atoms with Gasteiger partial charge in [-0.3, -0.25) is 9.48 Å². The van der Waals surface area contributed by atoms with Crippen molar-refractivity contribution in [2.24, 2.45) is 0 Å². The minimum Gasteiger partial charge on any atom is -0.396 e. The third-order valence-corrected chi connectivity index (χ3v) is 3.13. The monoisotopic (exact) mass is 258 g/mol. The molecule has 0 fully saturated rings. The van der Waals surface area contributed by atoms with Crippen molar-refractivity contribution in [2.45, 2.75) is 19.4 Å². The second-order valence-electron chi connectivity index (χ2n) is 3.46. The number of hydrogen-bond donors (Lipinski definition) is 2. The van der Waals surface area contributed by atoms with E-state index in [2.05, 4.69) is 15.6 Å².